The maximum Gasteiger partial charge on any atom is 0.330 e. The summed E-state index contributed by atoms with van der Waals surface area (Å²) in [6.45, 7) is 2.00. The predicted molar refractivity (Wildman–Crippen MR) is 82.5 cm³/mol. The minimum Gasteiger partial charge on any atom is -0.466 e. The van der Waals surface area contributed by atoms with Crippen molar-refractivity contribution in [1.29, 1.82) is 0 Å². The number of nitrogens with zero attached hydrogens (tertiary/aromatic N) is 1. The lowest BCUT2D eigenvalue weighted by Gasteiger charge is -2.20. The van der Waals surface area contributed by atoms with E-state index in [1.54, 1.807) is 6.08 Å². The normalized spacial score (nSPS) is 24.1. The first-order chi connectivity index (χ1) is 11.1. The van der Waals surface area contributed by atoms with E-state index in [1.807, 2.05) is 4.90 Å². The molecule has 2 fully saturated rings. The highest BCUT2D eigenvalue weighted by molar-refractivity contribution is 5.85. The van der Waals surface area contributed by atoms with Crippen LogP contribution in [-0.2, 0) is 23.9 Å². The van der Waals surface area contributed by atoms with E-state index in [2.05, 4.69) is 10.1 Å². The van der Waals surface area contributed by atoms with Crippen LogP contribution in [0, 0.1) is 0 Å². The van der Waals surface area contributed by atoms with Crippen LogP contribution in [0.5, 0.6) is 0 Å². The molecule has 0 aromatic carbocycles. The van der Waals surface area contributed by atoms with E-state index in [4.69, 9.17) is 4.74 Å². The topological polar surface area (TPSA) is 84.9 Å². The van der Waals surface area contributed by atoms with Gasteiger partial charge in [-0.15, -0.1) is 0 Å². The molecule has 7 heteroatoms. The summed E-state index contributed by atoms with van der Waals surface area (Å²) in [4.78, 5) is 36.9. The largest absolute Gasteiger partial charge is 0.466 e. The second-order valence-corrected chi connectivity index (χ2v) is 5.73. The summed E-state index contributed by atoms with van der Waals surface area (Å²) in [5.74, 6) is -0.606. The molecule has 0 bridgehead atoms. The quantitative estimate of drug-likeness (QED) is 0.434. The first kappa shape index (κ1) is 17.5. The van der Waals surface area contributed by atoms with Crippen molar-refractivity contribution in [1.82, 2.24) is 10.2 Å². The Labute approximate surface area is 136 Å². The molecule has 0 aromatic heterocycles. The number of ether oxygens (including phenoxy) is 2. The second-order valence-electron chi connectivity index (χ2n) is 5.73. The number of carbonyl (C=O) groups excluding carboxylic acids is 3. The number of hydrogen-bond acceptors (Lipinski definition) is 5. The molecule has 2 amide bonds. The Morgan fingerprint density at radius 2 is 1.91 bits per heavy atom. The molecule has 2 heterocycles. The maximum absolute atomic E-state index is 12.2. The van der Waals surface area contributed by atoms with E-state index in [0.717, 1.165) is 25.9 Å². The first-order valence-electron chi connectivity index (χ1n) is 8.08. The van der Waals surface area contributed by atoms with Gasteiger partial charge in [0.1, 0.15) is 12.2 Å². The van der Waals surface area contributed by atoms with Gasteiger partial charge in [-0.1, -0.05) is 6.08 Å². The van der Waals surface area contributed by atoms with Gasteiger partial charge in [0, 0.05) is 25.7 Å². The van der Waals surface area contributed by atoms with E-state index in [-0.39, 0.29) is 11.8 Å². The summed E-state index contributed by atoms with van der Waals surface area (Å²) in [5.41, 5.74) is 0. The Morgan fingerprint density at radius 1 is 1.22 bits per heavy atom. The van der Waals surface area contributed by atoms with Gasteiger partial charge in [0.05, 0.1) is 7.11 Å². The van der Waals surface area contributed by atoms with Crippen LogP contribution in [0.25, 0.3) is 0 Å². The van der Waals surface area contributed by atoms with Crippen molar-refractivity contribution in [2.75, 3.05) is 26.7 Å². The average Bonchev–Trinajstić information content (AvgIpc) is 3.24. The molecular weight excluding hydrogens is 300 g/mol. The number of methoxy groups -OCH3 is 1. The first-order valence-corrected chi connectivity index (χ1v) is 8.08. The number of likely N-dealkylation sites (tertiary alicyclic amines) is 1. The fourth-order valence-electron chi connectivity index (χ4n) is 2.79. The van der Waals surface area contributed by atoms with Gasteiger partial charge >= 0.3 is 5.97 Å². The van der Waals surface area contributed by atoms with Crippen LogP contribution in [0.3, 0.4) is 0 Å². The Morgan fingerprint density at radius 3 is 2.61 bits per heavy atom. The highest BCUT2D eigenvalue weighted by Crippen LogP contribution is 2.23. The molecule has 0 unspecified atom stereocenters. The predicted octanol–water partition coefficient (Wildman–Crippen LogP) is 0.392. The van der Waals surface area contributed by atoms with Crippen molar-refractivity contribution in [2.45, 2.75) is 44.3 Å². The van der Waals surface area contributed by atoms with E-state index in [9.17, 15) is 14.4 Å². The third-order valence-corrected chi connectivity index (χ3v) is 4.07. The summed E-state index contributed by atoms with van der Waals surface area (Å²) < 4.78 is 10.1. The van der Waals surface area contributed by atoms with Crippen LogP contribution in [-0.4, -0.2) is 61.6 Å². The third kappa shape index (κ3) is 5.06. The van der Waals surface area contributed by atoms with E-state index >= 15 is 0 Å². The lowest BCUT2D eigenvalue weighted by atomic mass is 10.1. The Balaban J connectivity index is 1.67. The summed E-state index contributed by atoms with van der Waals surface area (Å²) in [6, 6.07) is 0. The maximum atomic E-state index is 12.2. The zero-order valence-corrected chi connectivity index (χ0v) is 13.5. The minimum absolute atomic E-state index is 0.0128. The second kappa shape index (κ2) is 8.67. The molecule has 2 atom stereocenters. The average molecular weight is 324 g/mol. The van der Waals surface area contributed by atoms with Gasteiger partial charge in [-0.3, -0.25) is 9.59 Å². The van der Waals surface area contributed by atoms with Crippen molar-refractivity contribution < 1.29 is 23.9 Å². The molecule has 0 radical (unpaired) electrons. The van der Waals surface area contributed by atoms with E-state index in [0.29, 0.717) is 25.8 Å². The molecule has 2 aliphatic rings. The summed E-state index contributed by atoms with van der Waals surface area (Å²) in [5, 5.41) is 2.75. The number of nitrogens with one attached hydrogen (secondary N) is 1. The summed E-state index contributed by atoms with van der Waals surface area (Å²) >= 11 is 0. The molecule has 128 valence electrons. The molecule has 7 nitrogen and oxygen atoms in total. The zero-order valence-electron chi connectivity index (χ0n) is 13.5. The van der Waals surface area contributed by atoms with Gasteiger partial charge in [-0.25, -0.2) is 4.79 Å². The molecule has 0 aliphatic carbocycles. The minimum atomic E-state index is -0.559. The zero-order chi connectivity index (χ0) is 16.7. The van der Waals surface area contributed by atoms with Crippen molar-refractivity contribution in [3.05, 3.63) is 12.2 Å². The number of hydrogen-bond donors (Lipinski definition) is 1. The number of rotatable bonds is 6. The van der Waals surface area contributed by atoms with E-state index in [1.165, 1.54) is 13.2 Å². The number of esters is 1. The van der Waals surface area contributed by atoms with Crippen molar-refractivity contribution >= 4 is 17.8 Å². The van der Waals surface area contributed by atoms with Crippen LogP contribution in [0.15, 0.2) is 12.2 Å². The Kier molecular flexibility index (Phi) is 6.58. The molecule has 0 saturated carbocycles. The number of amides is 2. The molecule has 23 heavy (non-hydrogen) atoms. The van der Waals surface area contributed by atoms with Gasteiger partial charge in [-0.05, 0) is 32.1 Å². The molecule has 0 aromatic rings. The van der Waals surface area contributed by atoms with Crippen LogP contribution in [0.4, 0.5) is 0 Å². The van der Waals surface area contributed by atoms with Gasteiger partial charge in [0.15, 0.2) is 0 Å². The molecule has 1 N–H and O–H groups in total. The fraction of sp³-hybridized carbons (Fsp3) is 0.688. The molecular formula is C16H24N2O5. The van der Waals surface area contributed by atoms with Crippen molar-refractivity contribution in [3.63, 3.8) is 0 Å². The van der Waals surface area contributed by atoms with Crippen molar-refractivity contribution in [2.24, 2.45) is 0 Å². The van der Waals surface area contributed by atoms with Crippen LogP contribution >= 0.6 is 0 Å². The highest BCUT2D eigenvalue weighted by atomic mass is 16.5. The van der Waals surface area contributed by atoms with Crippen LogP contribution in [0.2, 0.25) is 0 Å². The lowest BCUT2D eigenvalue weighted by molar-refractivity contribution is -0.145. The molecule has 0 spiro atoms. The van der Waals surface area contributed by atoms with Crippen LogP contribution in [0.1, 0.15) is 32.1 Å². The summed E-state index contributed by atoms with van der Waals surface area (Å²) in [6.07, 6.45) is 5.69. The van der Waals surface area contributed by atoms with E-state index < -0.39 is 18.2 Å². The molecule has 2 saturated heterocycles. The Hall–Kier alpha value is -1.89. The summed E-state index contributed by atoms with van der Waals surface area (Å²) in [7, 11) is 1.31. The third-order valence-electron chi connectivity index (χ3n) is 4.07. The van der Waals surface area contributed by atoms with Gasteiger partial charge < -0.3 is 19.7 Å². The fourth-order valence-corrected chi connectivity index (χ4v) is 2.79. The van der Waals surface area contributed by atoms with Crippen LogP contribution < -0.4 is 5.32 Å². The standard InChI is InChI=1S/C16H24N2O5/c1-22-14(19)6-2-3-9-17-15(20)12-7-8-13(23-12)16(21)18-10-4-5-11-18/h2,6,12-13H,3-5,7-11H2,1H3,(H,17,20)/b6-2+/t12-,13+/m0/s1. The highest BCUT2D eigenvalue weighted by Gasteiger charge is 2.37. The molecule has 2 rings (SSSR count). The van der Waals surface area contributed by atoms with Crippen molar-refractivity contribution in [3.8, 4) is 0 Å². The van der Waals surface area contributed by atoms with Gasteiger partial charge in [0.2, 0.25) is 5.91 Å². The monoisotopic (exact) mass is 324 g/mol. The lowest BCUT2D eigenvalue weighted by Crippen LogP contribution is -2.39. The van der Waals surface area contributed by atoms with Gasteiger partial charge in [0.25, 0.3) is 5.91 Å². The van der Waals surface area contributed by atoms with Gasteiger partial charge in [-0.2, -0.15) is 0 Å². The molecule has 2 aliphatic heterocycles. The smallest absolute Gasteiger partial charge is 0.330 e. The Bertz CT molecular complexity index is 471. The SMILES string of the molecule is COC(=O)/C=C/CCNC(=O)[C@@H]1CC[C@H](C(=O)N2CCCC2)O1. The number of carbonyl (C=O) groups is 3.